The SMILES string of the molecule is COc1ccc2c(CC(=O)Nc3cccc(NC(C)=O)c3C)coc2c1. The molecule has 0 unspecified atom stereocenters. The van der Waals surface area contributed by atoms with E-state index >= 15 is 0 Å². The number of carbonyl (C=O) groups is 2. The Balaban J connectivity index is 1.76. The van der Waals surface area contributed by atoms with Gasteiger partial charge in [-0.15, -0.1) is 0 Å². The van der Waals surface area contributed by atoms with Gasteiger partial charge in [-0.25, -0.2) is 0 Å². The minimum atomic E-state index is -0.161. The van der Waals surface area contributed by atoms with E-state index in [1.807, 2.05) is 19.1 Å². The van der Waals surface area contributed by atoms with Crippen LogP contribution in [0.25, 0.3) is 11.0 Å². The first-order valence-electron chi connectivity index (χ1n) is 8.19. The van der Waals surface area contributed by atoms with E-state index in [1.165, 1.54) is 6.92 Å². The third-order valence-corrected chi connectivity index (χ3v) is 4.13. The zero-order valence-corrected chi connectivity index (χ0v) is 14.9. The smallest absolute Gasteiger partial charge is 0.228 e. The van der Waals surface area contributed by atoms with Crippen LogP contribution >= 0.6 is 0 Å². The average Bonchev–Trinajstić information content (AvgIpc) is 3.00. The summed E-state index contributed by atoms with van der Waals surface area (Å²) in [5.41, 5.74) is 3.62. The molecule has 134 valence electrons. The van der Waals surface area contributed by atoms with Crippen molar-refractivity contribution in [2.75, 3.05) is 17.7 Å². The Morgan fingerprint density at radius 1 is 1.12 bits per heavy atom. The zero-order valence-electron chi connectivity index (χ0n) is 14.9. The van der Waals surface area contributed by atoms with Crippen molar-refractivity contribution in [3.63, 3.8) is 0 Å². The number of anilines is 2. The predicted molar refractivity (Wildman–Crippen MR) is 101 cm³/mol. The molecule has 1 aromatic heterocycles. The summed E-state index contributed by atoms with van der Waals surface area (Å²) in [6.07, 6.45) is 1.77. The van der Waals surface area contributed by atoms with E-state index in [4.69, 9.17) is 9.15 Å². The molecule has 6 nitrogen and oxygen atoms in total. The van der Waals surface area contributed by atoms with E-state index in [1.54, 1.807) is 37.6 Å². The van der Waals surface area contributed by atoms with Gasteiger partial charge in [-0.05, 0) is 36.8 Å². The number of nitrogens with one attached hydrogen (secondary N) is 2. The highest BCUT2D eigenvalue weighted by Crippen LogP contribution is 2.27. The summed E-state index contributed by atoms with van der Waals surface area (Å²) in [6, 6.07) is 10.9. The molecule has 0 radical (unpaired) electrons. The van der Waals surface area contributed by atoms with E-state index in [2.05, 4.69) is 10.6 Å². The molecule has 0 bridgehead atoms. The molecule has 0 aliphatic carbocycles. The van der Waals surface area contributed by atoms with Crippen LogP contribution < -0.4 is 15.4 Å². The first-order chi connectivity index (χ1) is 12.5. The number of hydrogen-bond donors (Lipinski definition) is 2. The van der Waals surface area contributed by atoms with Crippen LogP contribution in [0.4, 0.5) is 11.4 Å². The first kappa shape index (κ1) is 17.5. The lowest BCUT2D eigenvalue weighted by atomic mass is 10.1. The highest BCUT2D eigenvalue weighted by molar-refractivity contribution is 5.97. The number of methoxy groups -OCH3 is 1. The largest absolute Gasteiger partial charge is 0.497 e. The normalized spacial score (nSPS) is 10.6. The quantitative estimate of drug-likeness (QED) is 0.730. The minimum Gasteiger partial charge on any atom is -0.497 e. The number of hydrogen-bond acceptors (Lipinski definition) is 4. The van der Waals surface area contributed by atoms with Crippen molar-refractivity contribution in [1.29, 1.82) is 0 Å². The van der Waals surface area contributed by atoms with E-state index in [-0.39, 0.29) is 18.2 Å². The van der Waals surface area contributed by atoms with Gasteiger partial charge >= 0.3 is 0 Å². The van der Waals surface area contributed by atoms with E-state index in [9.17, 15) is 9.59 Å². The fourth-order valence-corrected chi connectivity index (χ4v) is 2.79. The van der Waals surface area contributed by atoms with Gasteiger partial charge in [0.05, 0.1) is 19.8 Å². The molecule has 0 spiro atoms. The van der Waals surface area contributed by atoms with Gasteiger partial charge < -0.3 is 19.8 Å². The number of rotatable bonds is 5. The van der Waals surface area contributed by atoms with Crippen LogP contribution in [0.2, 0.25) is 0 Å². The summed E-state index contributed by atoms with van der Waals surface area (Å²) in [6.45, 7) is 3.30. The fourth-order valence-electron chi connectivity index (χ4n) is 2.79. The van der Waals surface area contributed by atoms with E-state index < -0.39 is 0 Å². The Bertz CT molecular complexity index is 975. The van der Waals surface area contributed by atoms with Crippen LogP contribution in [-0.4, -0.2) is 18.9 Å². The number of amides is 2. The first-order valence-corrected chi connectivity index (χ1v) is 8.19. The molecule has 1 heterocycles. The summed E-state index contributed by atoms with van der Waals surface area (Å²) in [7, 11) is 1.59. The van der Waals surface area contributed by atoms with E-state index in [0.717, 1.165) is 16.5 Å². The van der Waals surface area contributed by atoms with Gasteiger partial charge in [0.25, 0.3) is 0 Å². The molecule has 3 rings (SSSR count). The Labute approximate surface area is 151 Å². The van der Waals surface area contributed by atoms with Gasteiger partial charge in [0.15, 0.2) is 0 Å². The summed E-state index contributed by atoms with van der Waals surface area (Å²) in [4.78, 5) is 23.7. The van der Waals surface area contributed by atoms with Crippen LogP contribution in [0.3, 0.4) is 0 Å². The molecule has 0 saturated heterocycles. The van der Waals surface area contributed by atoms with E-state index in [0.29, 0.717) is 22.7 Å². The molecule has 0 saturated carbocycles. The van der Waals surface area contributed by atoms with Crippen LogP contribution in [0, 0.1) is 6.92 Å². The Morgan fingerprint density at radius 3 is 2.54 bits per heavy atom. The Morgan fingerprint density at radius 2 is 1.85 bits per heavy atom. The second-order valence-corrected chi connectivity index (χ2v) is 6.01. The topological polar surface area (TPSA) is 80.6 Å². The number of carbonyl (C=O) groups excluding carboxylic acids is 2. The van der Waals surface area contributed by atoms with Crippen molar-refractivity contribution in [1.82, 2.24) is 0 Å². The maximum absolute atomic E-state index is 12.5. The third kappa shape index (κ3) is 3.69. The number of ether oxygens (including phenoxy) is 1. The summed E-state index contributed by atoms with van der Waals surface area (Å²) < 4.78 is 10.7. The second-order valence-electron chi connectivity index (χ2n) is 6.01. The maximum atomic E-state index is 12.5. The lowest BCUT2D eigenvalue weighted by Gasteiger charge is -2.12. The van der Waals surface area contributed by atoms with Gasteiger partial charge in [-0.2, -0.15) is 0 Å². The molecule has 2 aromatic carbocycles. The zero-order chi connectivity index (χ0) is 18.7. The predicted octanol–water partition coefficient (Wildman–Crippen LogP) is 3.89. The molecular formula is C20H20N2O4. The van der Waals surface area contributed by atoms with Crippen LogP contribution in [0.1, 0.15) is 18.1 Å². The van der Waals surface area contributed by atoms with Crippen molar-refractivity contribution < 1.29 is 18.7 Å². The maximum Gasteiger partial charge on any atom is 0.228 e. The van der Waals surface area contributed by atoms with Gasteiger partial charge in [0.1, 0.15) is 11.3 Å². The van der Waals surface area contributed by atoms with Gasteiger partial charge in [0, 0.05) is 35.3 Å². The highest BCUT2D eigenvalue weighted by atomic mass is 16.5. The third-order valence-electron chi connectivity index (χ3n) is 4.13. The number of fused-ring (bicyclic) bond motifs is 1. The molecule has 0 aliphatic heterocycles. The fraction of sp³-hybridized carbons (Fsp3) is 0.200. The molecule has 26 heavy (non-hydrogen) atoms. The monoisotopic (exact) mass is 352 g/mol. The lowest BCUT2D eigenvalue weighted by molar-refractivity contribution is -0.115. The van der Waals surface area contributed by atoms with Gasteiger partial charge in [-0.1, -0.05) is 6.07 Å². The van der Waals surface area contributed by atoms with Crippen molar-refractivity contribution in [3.05, 3.63) is 53.8 Å². The molecule has 3 aromatic rings. The summed E-state index contributed by atoms with van der Waals surface area (Å²) >= 11 is 0. The second kappa shape index (κ2) is 7.31. The molecule has 2 N–H and O–H groups in total. The van der Waals surface area contributed by atoms with Crippen molar-refractivity contribution in [2.45, 2.75) is 20.3 Å². The Hall–Kier alpha value is -3.28. The molecule has 0 aliphatic rings. The van der Waals surface area contributed by atoms with Crippen molar-refractivity contribution in [3.8, 4) is 5.75 Å². The van der Waals surface area contributed by atoms with Crippen molar-refractivity contribution in [2.24, 2.45) is 0 Å². The standard InChI is InChI=1S/C20H20N2O4/c1-12-17(21-13(2)23)5-4-6-18(12)22-20(24)9-14-11-26-19-10-15(25-3)7-8-16(14)19/h4-8,10-11H,9H2,1-3H3,(H,21,23)(H,22,24). The molecule has 6 heteroatoms. The number of furan rings is 1. The molecule has 2 amide bonds. The molecule has 0 atom stereocenters. The lowest BCUT2D eigenvalue weighted by Crippen LogP contribution is -2.16. The average molecular weight is 352 g/mol. The van der Waals surface area contributed by atoms with Gasteiger partial charge in [-0.3, -0.25) is 9.59 Å². The van der Waals surface area contributed by atoms with Crippen LogP contribution in [-0.2, 0) is 16.0 Å². The molecule has 0 fully saturated rings. The highest BCUT2D eigenvalue weighted by Gasteiger charge is 2.13. The van der Waals surface area contributed by atoms with Crippen molar-refractivity contribution >= 4 is 34.2 Å². The number of benzene rings is 2. The summed E-state index contributed by atoms with van der Waals surface area (Å²) in [5, 5.41) is 6.52. The summed E-state index contributed by atoms with van der Waals surface area (Å²) in [5.74, 6) is 0.386. The minimum absolute atomic E-state index is 0.156. The van der Waals surface area contributed by atoms with Crippen LogP contribution in [0.15, 0.2) is 47.1 Å². The Kier molecular flexibility index (Phi) is 4.93. The van der Waals surface area contributed by atoms with Gasteiger partial charge in [0.2, 0.25) is 11.8 Å². The molecular weight excluding hydrogens is 332 g/mol. The van der Waals surface area contributed by atoms with Crippen LogP contribution in [0.5, 0.6) is 5.75 Å².